The topological polar surface area (TPSA) is 138 Å². The van der Waals surface area contributed by atoms with Crippen LogP contribution in [0.15, 0.2) is 65.1 Å². The third-order valence-corrected chi connectivity index (χ3v) is 6.47. The SMILES string of the molecule is COc1ccc(OC)c(C2C(C#N)=C(N)N(NC(=O)c3ccc(O)cc3)C3=C2C(=O)CC(C)(C)C3)c1. The summed E-state index contributed by atoms with van der Waals surface area (Å²) in [5.41, 5.74) is 10.8. The summed E-state index contributed by atoms with van der Waals surface area (Å²) in [5, 5.41) is 21.1. The molecule has 4 rings (SSSR count). The van der Waals surface area contributed by atoms with Gasteiger partial charge < -0.3 is 20.3 Å². The van der Waals surface area contributed by atoms with Crippen LogP contribution in [0.1, 0.15) is 48.5 Å². The van der Waals surface area contributed by atoms with Crippen molar-refractivity contribution in [3.63, 3.8) is 0 Å². The average Bonchev–Trinajstić information content (AvgIpc) is 2.84. The number of phenolic OH excluding ortho intramolecular Hbond substituents is 1. The molecular formula is C27H28N4O5. The van der Waals surface area contributed by atoms with Crippen LogP contribution in [0.2, 0.25) is 0 Å². The number of nitrogens with zero attached hydrogens (tertiary/aromatic N) is 2. The van der Waals surface area contributed by atoms with Gasteiger partial charge in [-0.1, -0.05) is 13.8 Å². The summed E-state index contributed by atoms with van der Waals surface area (Å²) in [6.07, 6.45) is 0.707. The number of nitriles is 1. The summed E-state index contributed by atoms with van der Waals surface area (Å²) in [6.45, 7) is 3.94. The van der Waals surface area contributed by atoms with Gasteiger partial charge >= 0.3 is 0 Å². The predicted molar refractivity (Wildman–Crippen MR) is 132 cm³/mol. The Balaban J connectivity index is 1.90. The number of nitrogens with one attached hydrogen (secondary N) is 1. The summed E-state index contributed by atoms with van der Waals surface area (Å²) in [7, 11) is 3.04. The lowest BCUT2D eigenvalue weighted by atomic mass is 9.69. The van der Waals surface area contributed by atoms with Crippen molar-refractivity contribution in [2.45, 2.75) is 32.6 Å². The highest BCUT2D eigenvalue weighted by Gasteiger charge is 2.45. The molecule has 9 nitrogen and oxygen atoms in total. The summed E-state index contributed by atoms with van der Waals surface area (Å²) < 4.78 is 11.0. The van der Waals surface area contributed by atoms with Crippen LogP contribution < -0.4 is 20.6 Å². The number of carbonyl (C=O) groups excluding carboxylic acids is 2. The number of hydrogen-bond acceptors (Lipinski definition) is 8. The molecule has 1 unspecified atom stereocenters. The van der Waals surface area contributed by atoms with Gasteiger partial charge in [-0.2, -0.15) is 5.26 Å². The first kappa shape index (κ1) is 24.7. The first-order valence-electron chi connectivity index (χ1n) is 11.4. The van der Waals surface area contributed by atoms with Crippen molar-refractivity contribution in [1.29, 1.82) is 5.26 Å². The molecular weight excluding hydrogens is 460 g/mol. The second-order valence-electron chi connectivity index (χ2n) is 9.58. The van der Waals surface area contributed by atoms with Gasteiger partial charge in [0.05, 0.1) is 37.5 Å². The van der Waals surface area contributed by atoms with Crippen molar-refractivity contribution >= 4 is 11.7 Å². The van der Waals surface area contributed by atoms with Gasteiger partial charge in [-0.05, 0) is 54.3 Å². The van der Waals surface area contributed by atoms with E-state index in [4.69, 9.17) is 15.2 Å². The van der Waals surface area contributed by atoms with E-state index in [-0.39, 0.29) is 34.9 Å². The molecule has 0 radical (unpaired) electrons. The Kier molecular flexibility index (Phi) is 6.37. The van der Waals surface area contributed by atoms with Gasteiger partial charge in [-0.25, -0.2) is 5.01 Å². The molecule has 4 N–H and O–H groups in total. The minimum absolute atomic E-state index is 0.0174. The van der Waals surface area contributed by atoms with Crippen molar-refractivity contribution in [1.82, 2.24) is 10.4 Å². The lowest BCUT2D eigenvalue weighted by molar-refractivity contribution is -0.118. The van der Waals surface area contributed by atoms with Gasteiger partial charge in [-0.3, -0.25) is 15.0 Å². The Morgan fingerprint density at radius 1 is 1.17 bits per heavy atom. The van der Waals surface area contributed by atoms with Gasteiger partial charge in [0.1, 0.15) is 23.1 Å². The maximum atomic E-state index is 13.6. The van der Waals surface area contributed by atoms with Gasteiger partial charge in [0.2, 0.25) is 0 Å². The van der Waals surface area contributed by atoms with Crippen LogP contribution in [0.4, 0.5) is 0 Å². The number of hydrogen-bond donors (Lipinski definition) is 3. The summed E-state index contributed by atoms with van der Waals surface area (Å²) in [5.74, 6) is -0.377. The Labute approximate surface area is 209 Å². The molecule has 0 spiro atoms. The second kappa shape index (κ2) is 9.30. The number of methoxy groups -OCH3 is 2. The molecule has 186 valence electrons. The lowest BCUT2D eigenvalue weighted by Gasteiger charge is -2.43. The third-order valence-electron chi connectivity index (χ3n) is 6.47. The zero-order valence-electron chi connectivity index (χ0n) is 20.6. The molecule has 0 saturated heterocycles. The zero-order chi connectivity index (χ0) is 26.2. The van der Waals surface area contributed by atoms with E-state index in [2.05, 4.69) is 11.5 Å². The van der Waals surface area contributed by atoms with Crippen LogP contribution in [0, 0.1) is 16.7 Å². The number of rotatable bonds is 5. The van der Waals surface area contributed by atoms with E-state index in [0.717, 1.165) is 0 Å². The molecule has 36 heavy (non-hydrogen) atoms. The minimum atomic E-state index is -0.791. The summed E-state index contributed by atoms with van der Waals surface area (Å²) in [6, 6.07) is 13.1. The van der Waals surface area contributed by atoms with Crippen LogP contribution in [-0.2, 0) is 4.79 Å². The molecule has 0 saturated carbocycles. The number of ether oxygens (including phenoxy) is 2. The number of phenols is 1. The molecule has 9 heteroatoms. The maximum Gasteiger partial charge on any atom is 0.270 e. The fourth-order valence-corrected chi connectivity index (χ4v) is 4.79. The van der Waals surface area contributed by atoms with Crippen molar-refractivity contribution in [2.75, 3.05) is 14.2 Å². The molecule has 2 aromatic rings. The smallest absolute Gasteiger partial charge is 0.270 e. The molecule has 0 aromatic heterocycles. The van der Waals surface area contributed by atoms with Crippen LogP contribution in [-0.4, -0.2) is 36.0 Å². The number of carbonyl (C=O) groups is 2. The fourth-order valence-electron chi connectivity index (χ4n) is 4.79. The number of allylic oxidation sites excluding steroid dienone is 3. The van der Waals surface area contributed by atoms with Crippen molar-refractivity contribution < 1.29 is 24.2 Å². The first-order chi connectivity index (χ1) is 17.1. The summed E-state index contributed by atoms with van der Waals surface area (Å²) in [4.78, 5) is 26.7. The van der Waals surface area contributed by atoms with Gasteiger partial charge in [0, 0.05) is 23.1 Å². The predicted octanol–water partition coefficient (Wildman–Crippen LogP) is 3.49. The monoisotopic (exact) mass is 488 g/mol. The zero-order valence-corrected chi connectivity index (χ0v) is 20.6. The van der Waals surface area contributed by atoms with Crippen LogP contribution in [0.25, 0.3) is 0 Å². The molecule has 2 aromatic carbocycles. The molecule has 2 aliphatic rings. The van der Waals surface area contributed by atoms with Crippen molar-refractivity contribution in [3.05, 3.63) is 76.3 Å². The molecule has 0 fully saturated rings. The lowest BCUT2D eigenvalue weighted by Crippen LogP contribution is -2.49. The largest absolute Gasteiger partial charge is 0.508 e. The summed E-state index contributed by atoms with van der Waals surface area (Å²) >= 11 is 0. The van der Waals surface area contributed by atoms with E-state index >= 15 is 0 Å². The minimum Gasteiger partial charge on any atom is -0.508 e. The number of amides is 1. The number of hydrazine groups is 1. The Bertz CT molecular complexity index is 1330. The number of benzene rings is 2. The van der Waals surface area contributed by atoms with Crippen LogP contribution >= 0.6 is 0 Å². The van der Waals surface area contributed by atoms with E-state index in [0.29, 0.717) is 34.8 Å². The second-order valence-corrected chi connectivity index (χ2v) is 9.58. The quantitative estimate of drug-likeness (QED) is 0.581. The van der Waals surface area contributed by atoms with E-state index < -0.39 is 17.2 Å². The Morgan fingerprint density at radius 3 is 2.47 bits per heavy atom. The highest BCUT2D eigenvalue weighted by atomic mass is 16.5. The van der Waals surface area contributed by atoms with E-state index in [1.807, 2.05) is 13.8 Å². The fraction of sp³-hybridized carbons (Fsp3) is 0.296. The average molecular weight is 489 g/mol. The van der Waals surface area contributed by atoms with Crippen molar-refractivity contribution in [2.24, 2.45) is 11.1 Å². The number of Topliss-reactive ketones (excluding diaryl/α,β-unsaturated/α-hetero) is 1. The van der Waals surface area contributed by atoms with E-state index in [1.54, 1.807) is 18.2 Å². The Morgan fingerprint density at radius 2 is 1.86 bits per heavy atom. The van der Waals surface area contributed by atoms with Gasteiger partial charge in [0.25, 0.3) is 5.91 Å². The number of ketones is 1. The third kappa shape index (κ3) is 4.33. The number of nitrogens with two attached hydrogens (primary N) is 1. The highest BCUT2D eigenvalue weighted by Crippen LogP contribution is 2.50. The van der Waals surface area contributed by atoms with Crippen LogP contribution in [0.3, 0.4) is 0 Å². The standard InChI is InChI=1S/C27H28N4O5/c1-27(2)12-20-24(21(33)13-27)23(18-11-17(35-3)9-10-22(18)36-4)19(14-28)25(29)31(20)30-26(34)15-5-7-16(32)8-6-15/h5-11,23,32H,12-13,29H2,1-4H3,(H,30,34). The van der Waals surface area contributed by atoms with Crippen LogP contribution in [0.5, 0.6) is 17.2 Å². The molecule has 1 atom stereocenters. The number of aromatic hydroxyl groups is 1. The Hall–Kier alpha value is -4.45. The molecule has 1 heterocycles. The van der Waals surface area contributed by atoms with E-state index in [1.165, 1.54) is 43.5 Å². The van der Waals surface area contributed by atoms with Crippen molar-refractivity contribution in [3.8, 4) is 23.3 Å². The van der Waals surface area contributed by atoms with Gasteiger partial charge in [-0.15, -0.1) is 0 Å². The molecule has 1 aliphatic heterocycles. The van der Waals surface area contributed by atoms with Gasteiger partial charge in [0.15, 0.2) is 5.78 Å². The normalized spacial score (nSPS) is 18.9. The molecule has 1 amide bonds. The first-order valence-corrected chi connectivity index (χ1v) is 11.4. The maximum absolute atomic E-state index is 13.6. The molecule has 1 aliphatic carbocycles. The van der Waals surface area contributed by atoms with E-state index in [9.17, 15) is 20.0 Å². The molecule has 0 bridgehead atoms. The highest BCUT2D eigenvalue weighted by molar-refractivity contribution is 6.01.